The van der Waals surface area contributed by atoms with Crippen molar-refractivity contribution < 1.29 is 5.11 Å². The van der Waals surface area contributed by atoms with Crippen LogP contribution in [0.2, 0.25) is 0 Å². The lowest BCUT2D eigenvalue weighted by Gasteiger charge is -2.10. The highest BCUT2D eigenvalue weighted by atomic mass is 16.3. The summed E-state index contributed by atoms with van der Waals surface area (Å²) in [5, 5.41) is 13.7. The third-order valence-electron chi connectivity index (χ3n) is 4.00. The summed E-state index contributed by atoms with van der Waals surface area (Å²) in [4.78, 5) is 12.1. The Morgan fingerprint density at radius 2 is 1.96 bits per heavy atom. The molecule has 1 unspecified atom stereocenters. The van der Waals surface area contributed by atoms with Crippen molar-refractivity contribution in [1.82, 2.24) is 15.0 Å². The normalized spacial score (nSPS) is 12.4. The van der Waals surface area contributed by atoms with E-state index in [9.17, 15) is 5.11 Å². The molecule has 0 aliphatic carbocycles. The quantitative estimate of drug-likeness (QED) is 0.639. The molecule has 0 fully saturated rings. The molecule has 1 aromatic carbocycles. The first kappa shape index (κ1) is 17.2. The van der Waals surface area contributed by atoms with Crippen LogP contribution in [0.25, 0.3) is 11.3 Å². The lowest BCUT2D eigenvalue weighted by Crippen LogP contribution is -2.12. The standard InChI is InChI=1S/C20H24N4O/c1-13(2)23-20-22-11-14(3)19(24-20)16-10-17(21-12-16)18(25)9-15-7-5-4-6-8-15/h4-8,10-13,18,21,25H,9H2,1-3H3,(H,22,23,24). The first-order valence-corrected chi connectivity index (χ1v) is 8.54. The molecule has 3 aromatic rings. The molecule has 0 saturated carbocycles. The number of anilines is 1. The summed E-state index contributed by atoms with van der Waals surface area (Å²) < 4.78 is 0. The Morgan fingerprint density at radius 3 is 2.68 bits per heavy atom. The summed E-state index contributed by atoms with van der Waals surface area (Å²) in [5.74, 6) is 0.614. The van der Waals surface area contributed by atoms with Crippen molar-refractivity contribution in [2.24, 2.45) is 0 Å². The zero-order chi connectivity index (χ0) is 17.8. The summed E-state index contributed by atoms with van der Waals surface area (Å²) in [5.41, 5.74) is 4.71. The minimum atomic E-state index is -0.577. The Hall–Kier alpha value is -2.66. The van der Waals surface area contributed by atoms with Gasteiger partial charge in [-0.3, -0.25) is 0 Å². The maximum absolute atomic E-state index is 10.5. The first-order valence-electron chi connectivity index (χ1n) is 8.54. The molecule has 0 bridgehead atoms. The van der Waals surface area contributed by atoms with Crippen LogP contribution in [0.1, 0.15) is 36.8 Å². The van der Waals surface area contributed by atoms with Crippen molar-refractivity contribution in [2.75, 3.05) is 5.32 Å². The molecule has 0 aliphatic heterocycles. The largest absolute Gasteiger partial charge is 0.387 e. The summed E-state index contributed by atoms with van der Waals surface area (Å²) in [6.07, 6.45) is 3.70. The topological polar surface area (TPSA) is 73.8 Å². The number of aromatic nitrogens is 3. The van der Waals surface area contributed by atoms with Gasteiger partial charge in [-0.2, -0.15) is 0 Å². The van der Waals surface area contributed by atoms with Gasteiger partial charge in [0, 0.05) is 36.1 Å². The molecule has 5 heteroatoms. The highest BCUT2D eigenvalue weighted by Crippen LogP contribution is 2.26. The van der Waals surface area contributed by atoms with Gasteiger partial charge in [0.15, 0.2) is 0 Å². The molecule has 5 nitrogen and oxygen atoms in total. The second-order valence-electron chi connectivity index (χ2n) is 6.57. The second-order valence-corrected chi connectivity index (χ2v) is 6.57. The van der Waals surface area contributed by atoms with Crippen molar-refractivity contribution in [3.8, 4) is 11.3 Å². The Bertz CT molecular complexity index is 827. The highest BCUT2D eigenvalue weighted by molar-refractivity contribution is 5.64. The van der Waals surface area contributed by atoms with Crippen LogP contribution in [0.4, 0.5) is 5.95 Å². The number of benzene rings is 1. The van der Waals surface area contributed by atoms with E-state index in [2.05, 4.69) is 34.1 Å². The van der Waals surface area contributed by atoms with Gasteiger partial charge in [0.2, 0.25) is 5.95 Å². The molecular weight excluding hydrogens is 312 g/mol. The maximum atomic E-state index is 10.5. The van der Waals surface area contributed by atoms with Gasteiger partial charge in [-0.15, -0.1) is 0 Å². The summed E-state index contributed by atoms with van der Waals surface area (Å²) in [6.45, 7) is 6.09. The first-order chi connectivity index (χ1) is 12.0. The Morgan fingerprint density at radius 1 is 1.20 bits per heavy atom. The number of hydrogen-bond donors (Lipinski definition) is 3. The minimum absolute atomic E-state index is 0.269. The van der Waals surface area contributed by atoms with E-state index >= 15 is 0 Å². The Balaban J connectivity index is 1.81. The fourth-order valence-electron chi connectivity index (χ4n) is 2.75. The van der Waals surface area contributed by atoms with Gasteiger partial charge in [0.25, 0.3) is 0 Å². The highest BCUT2D eigenvalue weighted by Gasteiger charge is 2.14. The second kappa shape index (κ2) is 7.49. The van der Waals surface area contributed by atoms with Crippen LogP contribution in [-0.4, -0.2) is 26.1 Å². The number of aryl methyl sites for hydroxylation is 1. The Labute approximate surface area is 148 Å². The van der Waals surface area contributed by atoms with Gasteiger partial charge in [-0.25, -0.2) is 9.97 Å². The van der Waals surface area contributed by atoms with E-state index in [0.29, 0.717) is 12.4 Å². The molecular formula is C20H24N4O. The number of aromatic amines is 1. The number of aliphatic hydroxyl groups is 1. The van der Waals surface area contributed by atoms with Gasteiger partial charge < -0.3 is 15.4 Å². The molecule has 0 saturated heterocycles. The minimum Gasteiger partial charge on any atom is -0.387 e. The molecule has 3 N–H and O–H groups in total. The zero-order valence-electron chi connectivity index (χ0n) is 14.8. The van der Waals surface area contributed by atoms with Crippen molar-refractivity contribution in [3.63, 3.8) is 0 Å². The molecule has 25 heavy (non-hydrogen) atoms. The van der Waals surface area contributed by atoms with E-state index in [1.807, 2.05) is 55.7 Å². The zero-order valence-corrected chi connectivity index (χ0v) is 14.8. The summed E-state index contributed by atoms with van der Waals surface area (Å²) in [6, 6.07) is 12.2. The fraction of sp³-hybridized carbons (Fsp3) is 0.300. The SMILES string of the molecule is Cc1cnc(NC(C)C)nc1-c1c[nH]c(C(O)Cc2ccccc2)c1. The number of nitrogens with one attached hydrogen (secondary N) is 2. The maximum Gasteiger partial charge on any atom is 0.223 e. The fourth-order valence-corrected chi connectivity index (χ4v) is 2.75. The van der Waals surface area contributed by atoms with Crippen LogP contribution in [0, 0.1) is 6.92 Å². The van der Waals surface area contributed by atoms with Crippen LogP contribution in [0.5, 0.6) is 0 Å². The molecule has 1 atom stereocenters. The van der Waals surface area contributed by atoms with E-state index < -0.39 is 6.10 Å². The molecule has 3 rings (SSSR count). The number of nitrogens with zero attached hydrogens (tertiary/aromatic N) is 2. The lowest BCUT2D eigenvalue weighted by atomic mass is 10.0. The third-order valence-corrected chi connectivity index (χ3v) is 4.00. The molecule has 0 radical (unpaired) electrons. The van der Waals surface area contributed by atoms with Crippen molar-refractivity contribution in [3.05, 3.63) is 65.6 Å². The molecule has 2 heterocycles. The average Bonchev–Trinajstić information content (AvgIpc) is 3.07. The smallest absolute Gasteiger partial charge is 0.223 e. The van der Waals surface area contributed by atoms with Crippen LogP contribution < -0.4 is 5.32 Å². The monoisotopic (exact) mass is 336 g/mol. The number of rotatable bonds is 6. The van der Waals surface area contributed by atoms with Crippen molar-refractivity contribution >= 4 is 5.95 Å². The molecule has 130 valence electrons. The van der Waals surface area contributed by atoms with Gasteiger partial charge in [-0.05, 0) is 38.0 Å². The van der Waals surface area contributed by atoms with Gasteiger partial charge >= 0.3 is 0 Å². The number of H-pyrrole nitrogens is 1. The Kier molecular flexibility index (Phi) is 5.14. The number of aliphatic hydroxyl groups excluding tert-OH is 1. The molecule has 0 aliphatic rings. The predicted octanol–water partition coefficient (Wildman–Crippen LogP) is 3.88. The number of hydrogen-bond acceptors (Lipinski definition) is 4. The van der Waals surface area contributed by atoms with Crippen molar-refractivity contribution in [2.45, 2.75) is 39.3 Å². The average molecular weight is 336 g/mol. The molecule has 2 aromatic heterocycles. The van der Waals surface area contributed by atoms with Crippen LogP contribution >= 0.6 is 0 Å². The lowest BCUT2D eigenvalue weighted by molar-refractivity contribution is 0.174. The predicted molar refractivity (Wildman–Crippen MR) is 100 cm³/mol. The van der Waals surface area contributed by atoms with Crippen LogP contribution in [0.3, 0.4) is 0 Å². The van der Waals surface area contributed by atoms with E-state index in [1.54, 1.807) is 0 Å². The van der Waals surface area contributed by atoms with Gasteiger partial charge in [0.05, 0.1) is 11.8 Å². The third kappa shape index (κ3) is 4.25. The summed E-state index contributed by atoms with van der Waals surface area (Å²) >= 11 is 0. The molecule has 0 spiro atoms. The summed E-state index contributed by atoms with van der Waals surface area (Å²) in [7, 11) is 0. The van der Waals surface area contributed by atoms with Gasteiger partial charge in [0.1, 0.15) is 0 Å². The van der Waals surface area contributed by atoms with Crippen LogP contribution in [-0.2, 0) is 6.42 Å². The molecule has 0 amide bonds. The van der Waals surface area contributed by atoms with Gasteiger partial charge in [-0.1, -0.05) is 30.3 Å². The van der Waals surface area contributed by atoms with E-state index in [1.165, 1.54) is 0 Å². The van der Waals surface area contributed by atoms with Crippen LogP contribution in [0.15, 0.2) is 48.8 Å². The van der Waals surface area contributed by atoms with E-state index in [-0.39, 0.29) is 6.04 Å². The van der Waals surface area contributed by atoms with E-state index in [4.69, 9.17) is 0 Å². The van der Waals surface area contributed by atoms with E-state index in [0.717, 1.165) is 28.1 Å². The van der Waals surface area contributed by atoms with Crippen molar-refractivity contribution in [1.29, 1.82) is 0 Å².